The van der Waals surface area contributed by atoms with Crippen LogP contribution < -0.4 is 31.9 Å². The van der Waals surface area contributed by atoms with Gasteiger partial charge in [-0.1, -0.05) is 114 Å². The van der Waals surface area contributed by atoms with Crippen LogP contribution in [0.3, 0.4) is 0 Å². The third-order valence-corrected chi connectivity index (χ3v) is 35.1. The first-order valence-corrected chi connectivity index (χ1v) is 63.7. The van der Waals surface area contributed by atoms with Crippen LogP contribution in [0.1, 0.15) is 52.4 Å². The van der Waals surface area contributed by atoms with Gasteiger partial charge in [-0.05, 0) is 155 Å². The number of amides is 6. The van der Waals surface area contributed by atoms with Gasteiger partial charge in [0.15, 0.2) is 12.5 Å². The summed E-state index contributed by atoms with van der Waals surface area (Å²) in [6.45, 7) is 46.1. The van der Waals surface area contributed by atoms with Gasteiger partial charge in [0.1, 0.15) is 71.3 Å². The van der Waals surface area contributed by atoms with Crippen molar-refractivity contribution in [2.24, 2.45) is 11.8 Å². The molecule has 12 heterocycles. The number of nitrogens with one attached hydrogen (secondary N) is 6. The van der Waals surface area contributed by atoms with Gasteiger partial charge in [0.25, 0.3) is 35.4 Å². The lowest BCUT2D eigenvalue weighted by molar-refractivity contribution is -0.118. The van der Waals surface area contributed by atoms with Crippen LogP contribution >= 0.6 is 114 Å². The van der Waals surface area contributed by atoms with E-state index in [2.05, 4.69) is 250 Å². The van der Waals surface area contributed by atoms with E-state index >= 15 is 0 Å². The van der Waals surface area contributed by atoms with Crippen molar-refractivity contribution < 1.29 is 87.8 Å². The maximum absolute atomic E-state index is 11.3. The molecule has 6 amide bonds. The first kappa shape index (κ1) is 109. The van der Waals surface area contributed by atoms with E-state index in [1.54, 1.807) is 66.6 Å². The standard InChI is InChI=1S/2C15H25N2O3P.C14H22BrN2O3P.C14H22ClN2O3P.2C14H22IN2O3P/c2*1-10-14(19)12(7-9-21(3,4)5)20-15(10)17-8-6-13(18)16-11(17)2;4*1-9-16-11(18)5-7-17(9)14-12(15)13(19)10(20-14)6-8-21(2,3)4/h2*6,8,10,12,14-15,19H,2-3,7,9H2,1,4-5H3,(H,16,18);4*5,7,10,12-14,19H,1-2,6,8H2,3-4H3,(H,16,18)/t2*10-,12-,14+,15-;4*10-,12-,13-,14-/m111111/s1. The molecular weight excluding hydrogens is 2040 g/mol. The van der Waals surface area contributed by atoms with Crippen LogP contribution in [0.5, 0.6) is 0 Å². The maximum Gasteiger partial charge on any atom is 0.250 e. The fourth-order valence-corrected chi connectivity index (χ4v) is 23.5. The Morgan fingerprint density at radius 2 is 0.508 bits per heavy atom. The quantitative estimate of drug-likeness (QED) is 0.0249. The molecule has 6 fully saturated rings. The maximum atomic E-state index is 11.3. The molecule has 12 aliphatic rings. The smallest absolute Gasteiger partial charge is 0.250 e. The van der Waals surface area contributed by atoms with E-state index in [-0.39, 0.29) is 128 Å². The summed E-state index contributed by atoms with van der Waals surface area (Å²) in [5, 5.41) is 77.4. The average molecular weight is 2180 g/mol. The number of aliphatic hydroxyl groups excluding tert-OH is 6. The predicted molar refractivity (Wildman–Crippen MR) is 546 cm³/mol. The first-order chi connectivity index (χ1) is 58.1. The molecule has 0 unspecified atom stereocenters. The number of ether oxygens (including phenoxy) is 6. The van der Waals surface area contributed by atoms with Gasteiger partial charge in [-0.25, -0.2) is 0 Å². The van der Waals surface area contributed by atoms with Crippen molar-refractivity contribution in [3.63, 3.8) is 0 Å². The Hall–Kier alpha value is -3.95. The van der Waals surface area contributed by atoms with E-state index < -0.39 is 89.5 Å². The van der Waals surface area contributed by atoms with Crippen molar-refractivity contribution in [2.45, 2.75) is 181 Å². The minimum atomic E-state index is -1.17. The van der Waals surface area contributed by atoms with Gasteiger partial charge in [0.05, 0.1) is 79.8 Å². The van der Waals surface area contributed by atoms with Crippen molar-refractivity contribution in [3.05, 3.63) is 148 Å². The SMILES string of the molecule is C=C1NC(=O)C=CN1[C@@H]1O[C@H](CCP(=C)(C)C)[C@@H](O)[C@H]1Br.C=C1NC(=O)C=CN1[C@@H]1O[C@H](CCP(=C)(C)C)[C@@H](O)[C@H]1C.C=C1NC(=O)C=CN1[C@@H]1O[C@H](CCP(=C)(C)C)[C@@H](O)[C@H]1C.C=C1NC(=O)C=CN1[C@@H]1O[C@H](CCP(=C)(C)C)[C@@H](O)[C@H]1Cl.C=C1NC(=O)C=CN1[C@@H]1O[C@H](CCP(=C)(C)C)[C@@H](O)[C@H]1I.C=C1NC(=O)C=CN1[C@@H]1O[C@H](CCP(=C)(C)C)[C@@H](O)[C@H]1I. The minimum absolute atomic E-state index is 0.0577. The minimum Gasteiger partial charge on any atom is -0.390 e. The summed E-state index contributed by atoms with van der Waals surface area (Å²) in [4.78, 5) is 77.8. The van der Waals surface area contributed by atoms with E-state index in [0.717, 1.165) is 75.5 Å². The highest BCUT2D eigenvalue weighted by atomic mass is 127. The normalized spacial score (nSPS) is 33.4. The molecule has 0 radical (unpaired) electrons. The number of nitrogens with zero attached hydrogens (tertiary/aromatic N) is 6. The van der Waals surface area contributed by atoms with Crippen LogP contribution in [0, 0.1) is 11.8 Å². The lowest BCUT2D eigenvalue weighted by atomic mass is 10.00. The molecule has 0 aromatic heterocycles. The molecule has 0 saturated carbocycles. The lowest BCUT2D eigenvalue weighted by Crippen LogP contribution is -2.44. The highest BCUT2D eigenvalue weighted by Crippen LogP contribution is 2.47. The Morgan fingerprint density at radius 3 is 0.746 bits per heavy atom. The van der Waals surface area contributed by atoms with Gasteiger partial charge in [-0.2, -0.15) is 0 Å². The number of carbonyl (C=O) groups excluding carboxylic acids is 6. The van der Waals surface area contributed by atoms with Crippen molar-refractivity contribution in [1.29, 1.82) is 0 Å². The second kappa shape index (κ2) is 46.3. The number of rotatable bonds is 24. The van der Waals surface area contributed by atoms with Gasteiger partial charge in [-0.15, -0.1) is 90.7 Å². The summed E-state index contributed by atoms with van der Waals surface area (Å²) >= 11 is 14.2. The second-order valence-corrected chi connectivity index (χ2v) is 67.8. The van der Waals surface area contributed by atoms with Crippen molar-refractivity contribution in [3.8, 4) is 0 Å². The van der Waals surface area contributed by atoms with Gasteiger partial charge in [0.2, 0.25) is 0 Å². The van der Waals surface area contributed by atoms with E-state index in [4.69, 9.17) is 40.0 Å². The fourth-order valence-electron chi connectivity index (χ4n) is 14.8. The number of hydrogen-bond donors (Lipinski definition) is 12. The monoisotopic (exact) mass is 2180 g/mol. The zero-order valence-electron chi connectivity index (χ0n) is 75.2. The molecule has 126 heavy (non-hydrogen) atoms. The Morgan fingerprint density at radius 1 is 0.325 bits per heavy atom. The highest BCUT2D eigenvalue weighted by molar-refractivity contribution is 14.1. The van der Waals surface area contributed by atoms with Gasteiger partial charge >= 0.3 is 0 Å². The predicted octanol–water partition coefficient (Wildman–Crippen LogP) is 7.78. The number of aliphatic hydroxyl groups is 6. The summed E-state index contributed by atoms with van der Waals surface area (Å²) in [5.74, 6) is 1.45. The molecule has 12 aliphatic heterocycles. The largest absolute Gasteiger partial charge is 0.390 e. The number of carbonyl (C=O) groups is 6. The molecule has 708 valence electrons. The average Bonchev–Trinajstić information content (AvgIpc) is 1.68. The Balaban J connectivity index is 0.000000207. The number of alkyl halides is 4. The van der Waals surface area contributed by atoms with Crippen molar-refractivity contribution >= 4 is 187 Å². The molecule has 0 spiro atoms. The second-order valence-electron chi connectivity index (χ2n) is 37.5. The summed E-state index contributed by atoms with van der Waals surface area (Å²) in [5.41, 5.74) is 0. The molecule has 40 heteroatoms. The van der Waals surface area contributed by atoms with Crippen molar-refractivity contribution in [2.75, 3.05) is 117 Å². The highest BCUT2D eigenvalue weighted by Gasteiger charge is 2.51. The Labute approximate surface area is 787 Å². The molecule has 0 aliphatic carbocycles. The van der Waals surface area contributed by atoms with E-state index in [9.17, 15) is 59.4 Å². The Kier molecular flexibility index (Phi) is 40.1. The third kappa shape index (κ3) is 32.1. The van der Waals surface area contributed by atoms with E-state index in [1.807, 2.05) is 13.8 Å². The fraction of sp³-hybridized carbons (Fsp3) is 0.581. The summed E-state index contributed by atoms with van der Waals surface area (Å²) in [6, 6.07) is 0. The topological polar surface area (TPSA) is 371 Å². The lowest BCUT2D eigenvalue weighted by Gasteiger charge is -2.33. The number of hydrogen-bond acceptors (Lipinski definition) is 24. The molecule has 6 saturated heterocycles. The molecular formula is C86H138BrClI2N12O18P6. The van der Waals surface area contributed by atoms with Crippen LogP contribution in [-0.2, 0) is 57.2 Å². The molecule has 12 N–H and O–H groups in total. The van der Waals surface area contributed by atoms with Crippen LogP contribution in [-0.4, -0.2) is 379 Å². The zero-order chi connectivity index (χ0) is 94.7. The first-order valence-electron chi connectivity index (χ1n) is 41.5. The third-order valence-electron chi connectivity index (χ3n) is 22.1. The molecule has 30 nitrogen and oxygen atoms in total. The van der Waals surface area contributed by atoms with Gasteiger partial charge in [-0.3, -0.25) is 28.8 Å². The number of halogens is 4. The molecule has 12 rings (SSSR count). The summed E-state index contributed by atoms with van der Waals surface area (Å²) in [7, 11) is 0. The molecule has 24 atom stereocenters. The van der Waals surface area contributed by atoms with Crippen LogP contribution in [0.15, 0.2) is 148 Å². The zero-order valence-corrected chi connectivity index (χ0v) is 87.2. The van der Waals surface area contributed by atoms with Crippen LogP contribution in [0.4, 0.5) is 0 Å². The Bertz CT molecular complexity index is 3810. The van der Waals surface area contributed by atoms with E-state index in [1.165, 1.54) is 36.5 Å². The van der Waals surface area contributed by atoms with E-state index in [0.29, 0.717) is 34.9 Å². The summed E-state index contributed by atoms with van der Waals surface area (Å²) in [6.07, 6.45) is 47.2. The van der Waals surface area contributed by atoms with Gasteiger partial charge in [0, 0.05) is 85.5 Å². The van der Waals surface area contributed by atoms with Gasteiger partial charge < -0.3 is 120 Å². The molecule has 0 bridgehead atoms. The molecule has 0 aromatic rings. The van der Waals surface area contributed by atoms with Crippen LogP contribution in [0.25, 0.3) is 0 Å². The molecule has 0 aromatic carbocycles. The van der Waals surface area contributed by atoms with Crippen molar-refractivity contribution in [1.82, 2.24) is 61.3 Å². The summed E-state index contributed by atoms with van der Waals surface area (Å²) < 4.78 is 35.8. The van der Waals surface area contributed by atoms with Crippen LogP contribution in [0.2, 0.25) is 0 Å².